The van der Waals surface area contributed by atoms with Crippen molar-refractivity contribution in [3.63, 3.8) is 0 Å². The number of halogens is 1. The first-order valence-electron chi connectivity index (χ1n) is 4.55. The number of hydrogen-bond acceptors (Lipinski definition) is 2. The van der Waals surface area contributed by atoms with E-state index in [0.29, 0.717) is 12.4 Å². The van der Waals surface area contributed by atoms with Crippen molar-refractivity contribution in [2.45, 2.75) is 0 Å². The molecule has 0 heterocycles. The third kappa shape index (κ3) is 7.89. The van der Waals surface area contributed by atoms with Crippen LogP contribution in [-0.2, 0) is 0 Å². The lowest BCUT2D eigenvalue weighted by atomic mass is 10.5. The molecule has 2 N–H and O–H groups in total. The predicted molar refractivity (Wildman–Crippen MR) is 59.8 cm³/mol. The summed E-state index contributed by atoms with van der Waals surface area (Å²) >= 11 is 5.44. The van der Waals surface area contributed by atoms with Crippen LogP contribution in [-0.4, -0.2) is 50.5 Å². The molecular weight excluding hydrogens is 202 g/mol. The molecule has 14 heavy (non-hydrogen) atoms. The first-order chi connectivity index (χ1) is 6.68. The summed E-state index contributed by atoms with van der Waals surface area (Å²) in [7, 11) is 3.43. The lowest BCUT2D eigenvalue weighted by Gasteiger charge is -2.11. The largest absolute Gasteiger partial charge is 0.337 e. The molecule has 0 aliphatic rings. The van der Waals surface area contributed by atoms with Gasteiger partial charge in [-0.1, -0.05) is 12.2 Å². The summed E-state index contributed by atoms with van der Waals surface area (Å²) in [4.78, 5) is 12.5. The van der Waals surface area contributed by atoms with Crippen LogP contribution in [0.3, 0.4) is 0 Å². The minimum atomic E-state index is -0.0666. The van der Waals surface area contributed by atoms with E-state index in [1.807, 2.05) is 12.2 Å². The van der Waals surface area contributed by atoms with Gasteiger partial charge < -0.3 is 15.5 Å². The number of nitrogens with one attached hydrogen (secondary N) is 2. The number of allylic oxidation sites excluding steroid dienone is 1. The topological polar surface area (TPSA) is 44.4 Å². The third-order valence-corrected chi connectivity index (χ3v) is 1.68. The third-order valence-electron chi connectivity index (χ3n) is 1.50. The Labute approximate surface area is 90.3 Å². The Hall–Kier alpha value is -0.740. The predicted octanol–water partition coefficient (Wildman–Crippen LogP) is 0.642. The van der Waals surface area contributed by atoms with E-state index in [1.54, 1.807) is 14.1 Å². The van der Waals surface area contributed by atoms with Gasteiger partial charge in [0.25, 0.3) is 0 Å². The van der Waals surface area contributed by atoms with Crippen LogP contribution >= 0.6 is 11.6 Å². The minimum Gasteiger partial charge on any atom is -0.337 e. The average molecular weight is 220 g/mol. The van der Waals surface area contributed by atoms with E-state index in [9.17, 15) is 4.79 Å². The molecule has 0 atom stereocenters. The summed E-state index contributed by atoms with van der Waals surface area (Å²) in [6.45, 7) is 2.17. The molecule has 0 aliphatic heterocycles. The van der Waals surface area contributed by atoms with Crippen LogP contribution in [0, 0.1) is 0 Å². The lowest BCUT2D eigenvalue weighted by molar-refractivity contribution is 0.217. The van der Waals surface area contributed by atoms with Crippen LogP contribution in [0.25, 0.3) is 0 Å². The lowest BCUT2D eigenvalue weighted by Crippen LogP contribution is -2.38. The maximum Gasteiger partial charge on any atom is 0.316 e. The highest BCUT2D eigenvalue weighted by molar-refractivity contribution is 6.18. The monoisotopic (exact) mass is 219 g/mol. The molecule has 0 saturated carbocycles. The van der Waals surface area contributed by atoms with Crippen LogP contribution in [0.4, 0.5) is 4.79 Å². The summed E-state index contributed by atoms with van der Waals surface area (Å²) < 4.78 is 0. The van der Waals surface area contributed by atoms with Gasteiger partial charge in [-0.05, 0) is 0 Å². The second-order valence-electron chi connectivity index (χ2n) is 2.96. The van der Waals surface area contributed by atoms with Crippen molar-refractivity contribution in [1.82, 2.24) is 15.5 Å². The van der Waals surface area contributed by atoms with Crippen molar-refractivity contribution in [3.8, 4) is 0 Å². The molecule has 0 aromatic carbocycles. The normalized spacial score (nSPS) is 10.5. The molecule has 0 saturated heterocycles. The van der Waals surface area contributed by atoms with Crippen LogP contribution < -0.4 is 10.6 Å². The van der Waals surface area contributed by atoms with Crippen LogP contribution in [0.15, 0.2) is 12.2 Å². The highest BCUT2D eigenvalue weighted by Crippen LogP contribution is 1.77. The zero-order chi connectivity index (χ0) is 10.8. The quantitative estimate of drug-likeness (QED) is 0.391. The van der Waals surface area contributed by atoms with Gasteiger partial charge in [0.15, 0.2) is 0 Å². The van der Waals surface area contributed by atoms with E-state index < -0.39 is 0 Å². The van der Waals surface area contributed by atoms with Crippen molar-refractivity contribution in [2.75, 3.05) is 39.6 Å². The van der Waals surface area contributed by atoms with Gasteiger partial charge in [0.05, 0.1) is 0 Å². The summed E-state index contributed by atoms with van der Waals surface area (Å²) in [6.07, 6.45) is 3.84. The van der Waals surface area contributed by atoms with Gasteiger partial charge in [-0.3, -0.25) is 0 Å². The Bertz CT molecular complexity index is 183. The molecule has 0 aromatic heterocycles. The number of carbonyl (C=O) groups is 1. The summed E-state index contributed by atoms with van der Waals surface area (Å²) in [5, 5.41) is 5.88. The summed E-state index contributed by atoms with van der Waals surface area (Å²) in [6, 6.07) is -0.0666. The molecule has 0 bridgehead atoms. The van der Waals surface area contributed by atoms with E-state index in [1.165, 1.54) is 4.90 Å². The Kier molecular flexibility index (Phi) is 8.37. The van der Waals surface area contributed by atoms with Gasteiger partial charge in [0.1, 0.15) is 0 Å². The van der Waals surface area contributed by atoms with E-state index in [-0.39, 0.29) is 6.03 Å². The highest BCUT2D eigenvalue weighted by atomic mass is 35.5. The number of carbonyl (C=O) groups excluding carboxylic acids is 1. The summed E-state index contributed by atoms with van der Waals surface area (Å²) in [5.74, 6) is 0.541. The molecule has 0 aromatic rings. The van der Waals surface area contributed by atoms with Crippen molar-refractivity contribution in [3.05, 3.63) is 12.2 Å². The van der Waals surface area contributed by atoms with E-state index in [4.69, 9.17) is 11.6 Å². The molecule has 5 heteroatoms. The molecular formula is C9H18ClN3O. The number of urea groups is 1. The molecule has 0 fully saturated rings. The Morgan fingerprint density at radius 1 is 1.36 bits per heavy atom. The maximum absolute atomic E-state index is 11.0. The van der Waals surface area contributed by atoms with Crippen molar-refractivity contribution in [2.24, 2.45) is 0 Å². The Balaban J connectivity index is 3.21. The maximum atomic E-state index is 11.0. The first-order valence-corrected chi connectivity index (χ1v) is 5.08. The molecule has 0 aliphatic carbocycles. The number of alkyl halides is 1. The van der Waals surface area contributed by atoms with Crippen molar-refractivity contribution in [1.29, 1.82) is 0 Å². The zero-order valence-electron chi connectivity index (χ0n) is 8.72. The first kappa shape index (κ1) is 13.3. The molecule has 2 amide bonds. The van der Waals surface area contributed by atoms with Gasteiger partial charge in [0.2, 0.25) is 0 Å². The van der Waals surface area contributed by atoms with Crippen LogP contribution in [0.2, 0.25) is 0 Å². The molecule has 82 valence electrons. The van der Waals surface area contributed by atoms with E-state index in [0.717, 1.165) is 13.1 Å². The number of nitrogens with zero attached hydrogens (tertiary/aromatic N) is 1. The van der Waals surface area contributed by atoms with Crippen LogP contribution in [0.1, 0.15) is 0 Å². The van der Waals surface area contributed by atoms with Gasteiger partial charge in [-0.25, -0.2) is 4.79 Å². The van der Waals surface area contributed by atoms with Crippen molar-refractivity contribution < 1.29 is 4.79 Å². The van der Waals surface area contributed by atoms with Gasteiger partial charge in [-0.15, -0.1) is 11.6 Å². The fraction of sp³-hybridized carbons (Fsp3) is 0.667. The van der Waals surface area contributed by atoms with Gasteiger partial charge >= 0.3 is 6.03 Å². The summed E-state index contributed by atoms with van der Waals surface area (Å²) in [5.41, 5.74) is 0. The highest BCUT2D eigenvalue weighted by Gasteiger charge is 1.99. The number of rotatable bonds is 6. The number of amides is 2. The molecule has 0 unspecified atom stereocenters. The standard InChI is InChI=1S/C9H18ClN3O/c1-13(2)9(14)12-8-7-11-6-4-3-5-10/h3-4,11H,5-8H2,1-2H3,(H,12,14)/b4-3+. The fourth-order valence-electron chi connectivity index (χ4n) is 0.748. The van der Waals surface area contributed by atoms with Gasteiger partial charge in [-0.2, -0.15) is 0 Å². The fourth-order valence-corrected chi connectivity index (χ4v) is 0.874. The Morgan fingerprint density at radius 2 is 2.07 bits per heavy atom. The smallest absolute Gasteiger partial charge is 0.316 e. The van der Waals surface area contributed by atoms with E-state index >= 15 is 0 Å². The molecule has 0 rings (SSSR count). The Morgan fingerprint density at radius 3 is 2.64 bits per heavy atom. The SMILES string of the molecule is CN(C)C(=O)NCCNC/C=C/CCl. The zero-order valence-corrected chi connectivity index (χ0v) is 9.47. The second-order valence-corrected chi connectivity index (χ2v) is 3.26. The van der Waals surface area contributed by atoms with E-state index in [2.05, 4.69) is 10.6 Å². The minimum absolute atomic E-state index is 0.0666. The van der Waals surface area contributed by atoms with Crippen LogP contribution in [0.5, 0.6) is 0 Å². The van der Waals surface area contributed by atoms with Gasteiger partial charge in [0, 0.05) is 39.6 Å². The number of hydrogen-bond donors (Lipinski definition) is 2. The molecule has 4 nitrogen and oxygen atoms in total. The molecule has 0 radical (unpaired) electrons. The second kappa shape index (κ2) is 8.84. The molecule has 0 spiro atoms. The average Bonchev–Trinajstić information content (AvgIpc) is 2.16. The van der Waals surface area contributed by atoms with Crippen molar-refractivity contribution >= 4 is 17.6 Å².